The number of nitrogens with zero attached hydrogens (tertiary/aromatic N) is 2. The fraction of sp³-hybridized carbons (Fsp3) is 0.450. The monoisotopic (exact) mass is 388 g/mol. The Hall–Kier alpha value is -1.66. The molecule has 6 heteroatoms. The predicted molar refractivity (Wildman–Crippen MR) is 111 cm³/mol. The highest BCUT2D eigenvalue weighted by Crippen LogP contribution is 2.32. The molecule has 2 aliphatic heterocycles. The Morgan fingerprint density at radius 1 is 1.23 bits per heavy atom. The topological polar surface area (TPSA) is 40.6 Å². The first kappa shape index (κ1) is 19.1. The minimum atomic E-state index is -0.0480. The van der Waals surface area contributed by atoms with Gasteiger partial charge >= 0.3 is 0 Å². The standard InChI is InChI=1S/C20H24N2O2S2/c1-2-15-7-9-16(10-8-15)14-17-19(24)22(20(25)26-17)13-5-6-18(23)21-11-3-4-12-21/h7-10,14H,2-6,11-13H2,1H3/b17-14-. The summed E-state index contributed by atoms with van der Waals surface area (Å²) in [6.07, 6.45) is 6.23. The molecule has 0 aliphatic carbocycles. The van der Waals surface area contributed by atoms with Crippen LogP contribution in [0.3, 0.4) is 0 Å². The molecular formula is C20H24N2O2S2. The van der Waals surface area contributed by atoms with Crippen LogP contribution in [0.2, 0.25) is 0 Å². The van der Waals surface area contributed by atoms with Crippen molar-refractivity contribution in [3.8, 4) is 0 Å². The van der Waals surface area contributed by atoms with Gasteiger partial charge in [0.05, 0.1) is 4.91 Å². The van der Waals surface area contributed by atoms with Crippen LogP contribution >= 0.6 is 24.0 Å². The van der Waals surface area contributed by atoms with Gasteiger partial charge in [-0.2, -0.15) is 0 Å². The molecule has 0 radical (unpaired) electrons. The molecule has 0 spiro atoms. The molecule has 138 valence electrons. The third-order valence-corrected chi connectivity index (χ3v) is 6.17. The van der Waals surface area contributed by atoms with Gasteiger partial charge in [-0.15, -0.1) is 0 Å². The van der Waals surface area contributed by atoms with Crippen LogP contribution in [0.4, 0.5) is 0 Å². The van der Waals surface area contributed by atoms with Crippen molar-refractivity contribution in [2.75, 3.05) is 19.6 Å². The van der Waals surface area contributed by atoms with Gasteiger partial charge in [0.1, 0.15) is 4.32 Å². The molecule has 4 nitrogen and oxygen atoms in total. The maximum absolute atomic E-state index is 12.6. The Morgan fingerprint density at radius 2 is 1.92 bits per heavy atom. The average Bonchev–Trinajstić information content (AvgIpc) is 3.27. The second-order valence-electron chi connectivity index (χ2n) is 6.62. The Kier molecular flexibility index (Phi) is 6.48. The SMILES string of the molecule is CCc1ccc(/C=C2\SC(=S)N(CCCC(=O)N3CCCC3)C2=O)cc1. The van der Waals surface area contributed by atoms with Crippen LogP contribution in [-0.2, 0) is 16.0 Å². The fourth-order valence-corrected chi connectivity index (χ4v) is 4.52. The number of hydrogen-bond donors (Lipinski definition) is 0. The quantitative estimate of drug-likeness (QED) is 0.548. The van der Waals surface area contributed by atoms with Crippen LogP contribution in [0.1, 0.15) is 43.7 Å². The van der Waals surface area contributed by atoms with Crippen molar-refractivity contribution < 1.29 is 9.59 Å². The number of thiocarbonyl (C=S) groups is 1. The lowest BCUT2D eigenvalue weighted by molar-refractivity contribution is -0.130. The maximum Gasteiger partial charge on any atom is 0.266 e. The molecule has 3 rings (SSSR count). The van der Waals surface area contributed by atoms with E-state index in [1.165, 1.54) is 17.3 Å². The minimum Gasteiger partial charge on any atom is -0.343 e. The number of benzene rings is 1. The molecule has 0 atom stereocenters. The summed E-state index contributed by atoms with van der Waals surface area (Å²) in [5, 5.41) is 0. The van der Waals surface area contributed by atoms with Crippen molar-refractivity contribution in [1.82, 2.24) is 9.80 Å². The van der Waals surface area contributed by atoms with Gasteiger partial charge in [0.15, 0.2) is 0 Å². The van der Waals surface area contributed by atoms with Crippen molar-refractivity contribution in [3.05, 3.63) is 40.3 Å². The van der Waals surface area contributed by atoms with Crippen LogP contribution in [-0.4, -0.2) is 45.6 Å². The molecule has 2 fully saturated rings. The van der Waals surface area contributed by atoms with Crippen LogP contribution in [0.15, 0.2) is 29.2 Å². The molecular weight excluding hydrogens is 364 g/mol. The summed E-state index contributed by atoms with van der Waals surface area (Å²) in [6.45, 7) is 4.38. The van der Waals surface area contributed by atoms with E-state index in [4.69, 9.17) is 12.2 Å². The first-order valence-corrected chi connectivity index (χ1v) is 10.4. The van der Waals surface area contributed by atoms with Gasteiger partial charge in [0, 0.05) is 26.1 Å². The van der Waals surface area contributed by atoms with Crippen molar-refractivity contribution in [3.63, 3.8) is 0 Å². The molecule has 2 amide bonds. The normalized spacial score (nSPS) is 19.0. The second-order valence-corrected chi connectivity index (χ2v) is 8.30. The van der Waals surface area contributed by atoms with Crippen LogP contribution in [0.5, 0.6) is 0 Å². The third kappa shape index (κ3) is 4.54. The van der Waals surface area contributed by atoms with E-state index >= 15 is 0 Å². The Morgan fingerprint density at radius 3 is 2.58 bits per heavy atom. The molecule has 26 heavy (non-hydrogen) atoms. The van der Waals surface area contributed by atoms with Gasteiger partial charge in [0.2, 0.25) is 5.91 Å². The molecule has 1 aromatic rings. The molecule has 2 aliphatic rings. The number of amides is 2. The predicted octanol–water partition coefficient (Wildman–Crippen LogP) is 3.85. The van der Waals surface area contributed by atoms with Crippen molar-refractivity contribution in [2.24, 2.45) is 0 Å². The third-order valence-electron chi connectivity index (χ3n) is 4.79. The number of carbonyl (C=O) groups is 2. The maximum atomic E-state index is 12.6. The highest BCUT2D eigenvalue weighted by Gasteiger charge is 2.31. The molecule has 0 unspecified atom stereocenters. The van der Waals surface area contributed by atoms with E-state index in [1.807, 2.05) is 23.1 Å². The molecule has 0 aromatic heterocycles. The van der Waals surface area contributed by atoms with E-state index in [-0.39, 0.29) is 11.8 Å². The molecule has 2 saturated heterocycles. The highest BCUT2D eigenvalue weighted by atomic mass is 32.2. The summed E-state index contributed by atoms with van der Waals surface area (Å²) in [6, 6.07) is 8.22. The lowest BCUT2D eigenvalue weighted by Crippen LogP contribution is -2.31. The molecule has 0 N–H and O–H groups in total. The Labute approximate surface area is 164 Å². The van der Waals surface area contributed by atoms with Crippen molar-refractivity contribution in [2.45, 2.75) is 39.0 Å². The number of likely N-dealkylation sites (tertiary alicyclic amines) is 1. The summed E-state index contributed by atoms with van der Waals surface area (Å²) in [7, 11) is 0. The fourth-order valence-electron chi connectivity index (χ4n) is 3.21. The Balaban J connectivity index is 1.55. The average molecular weight is 389 g/mol. The molecule has 0 saturated carbocycles. The zero-order valence-electron chi connectivity index (χ0n) is 15.1. The first-order valence-electron chi connectivity index (χ1n) is 9.20. The van der Waals surface area contributed by atoms with E-state index in [2.05, 4.69) is 19.1 Å². The van der Waals surface area contributed by atoms with Gasteiger partial charge in [-0.05, 0) is 42.9 Å². The van der Waals surface area contributed by atoms with Crippen molar-refractivity contribution in [1.29, 1.82) is 0 Å². The Bertz CT molecular complexity index is 722. The van der Waals surface area contributed by atoms with E-state index < -0.39 is 0 Å². The number of rotatable bonds is 6. The van der Waals surface area contributed by atoms with E-state index in [0.29, 0.717) is 28.6 Å². The largest absolute Gasteiger partial charge is 0.343 e. The van der Waals surface area contributed by atoms with E-state index in [1.54, 1.807) is 4.90 Å². The van der Waals surface area contributed by atoms with Gasteiger partial charge in [-0.25, -0.2) is 0 Å². The van der Waals surface area contributed by atoms with Crippen LogP contribution in [0.25, 0.3) is 6.08 Å². The number of hydrogen-bond acceptors (Lipinski definition) is 4. The van der Waals surface area contributed by atoms with E-state index in [9.17, 15) is 9.59 Å². The summed E-state index contributed by atoms with van der Waals surface area (Å²) in [5.41, 5.74) is 2.28. The smallest absolute Gasteiger partial charge is 0.266 e. The van der Waals surface area contributed by atoms with Gasteiger partial charge < -0.3 is 4.90 Å². The summed E-state index contributed by atoms with van der Waals surface area (Å²) < 4.78 is 0.583. The van der Waals surface area contributed by atoms with Crippen molar-refractivity contribution >= 4 is 46.2 Å². The highest BCUT2D eigenvalue weighted by molar-refractivity contribution is 8.26. The van der Waals surface area contributed by atoms with Crippen LogP contribution < -0.4 is 0 Å². The lowest BCUT2D eigenvalue weighted by atomic mass is 10.1. The summed E-state index contributed by atoms with van der Waals surface area (Å²) >= 11 is 6.71. The zero-order chi connectivity index (χ0) is 18.5. The van der Waals surface area contributed by atoms with Crippen LogP contribution in [0, 0.1) is 0 Å². The van der Waals surface area contributed by atoms with Gasteiger partial charge in [-0.3, -0.25) is 14.5 Å². The van der Waals surface area contributed by atoms with Gasteiger partial charge in [0.25, 0.3) is 5.91 Å². The van der Waals surface area contributed by atoms with Gasteiger partial charge in [-0.1, -0.05) is 55.2 Å². The number of thioether (sulfide) groups is 1. The summed E-state index contributed by atoms with van der Waals surface area (Å²) in [5.74, 6) is 0.146. The number of aryl methyl sites for hydroxylation is 1. The minimum absolute atomic E-state index is 0.0480. The molecule has 2 heterocycles. The molecule has 0 bridgehead atoms. The second kappa shape index (κ2) is 8.82. The number of carbonyl (C=O) groups excluding carboxylic acids is 2. The van der Waals surface area contributed by atoms with E-state index in [0.717, 1.165) is 37.9 Å². The first-order chi connectivity index (χ1) is 12.6. The molecule has 1 aromatic carbocycles. The lowest BCUT2D eigenvalue weighted by Gasteiger charge is -2.17. The summed E-state index contributed by atoms with van der Waals surface area (Å²) in [4.78, 5) is 28.9. The zero-order valence-corrected chi connectivity index (χ0v) is 16.7.